The van der Waals surface area contributed by atoms with Gasteiger partial charge in [-0.05, 0) is 43.6 Å². The lowest BCUT2D eigenvalue weighted by Crippen LogP contribution is -2.30. The van der Waals surface area contributed by atoms with E-state index in [1.807, 2.05) is 7.05 Å². The Labute approximate surface area is 111 Å². The number of hydrogen-bond acceptors (Lipinski definition) is 3. The first-order valence-corrected chi connectivity index (χ1v) is 6.58. The van der Waals surface area contributed by atoms with E-state index >= 15 is 0 Å². The van der Waals surface area contributed by atoms with Gasteiger partial charge in [0.05, 0.1) is 7.11 Å². The third kappa shape index (κ3) is 4.31. The molecule has 0 saturated carbocycles. The molecule has 1 rings (SSSR count). The molecule has 0 aliphatic heterocycles. The van der Waals surface area contributed by atoms with Gasteiger partial charge in [0, 0.05) is 13.2 Å². The van der Waals surface area contributed by atoms with Gasteiger partial charge >= 0.3 is 0 Å². The molecule has 0 aliphatic carbocycles. The fourth-order valence-electron chi connectivity index (χ4n) is 1.99. The van der Waals surface area contributed by atoms with Crippen LogP contribution in [-0.4, -0.2) is 39.3 Å². The van der Waals surface area contributed by atoms with Crippen LogP contribution in [0.3, 0.4) is 0 Å². The molecule has 0 amide bonds. The van der Waals surface area contributed by atoms with Crippen LogP contribution in [0.5, 0.6) is 5.75 Å². The molecule has 0 unspecified atom stereocenters. The van der Waals surface area contributed by atoms with Crippen LogP contribution in [0.1, 0.15) is 30.9 Å². The zero-order chi connectivity index (χ0) is 13.5. The minimum Gasteiger partial charge on any atom is -0.496 e. The average molecular weight is 250 g/mol. The number of nitrogens with zero attached hydrogens (tertiary/aromatic N) is 1. The fraction of sp³-hybridized carbons (Fsp3) is 0.600. The van der Waals surface area contributed by atoms with Crippen molar-refractivity contribution in [2.24, 2.45) is 0 Å². The lowest BCUT2D eigenvalue weighted by molar-refractivity contribution is 0.318. The van der Waals surface area contributed by atoms with E-state index in [1.54, 1.807) is 7.11 Å². The van der Waals surface area contributed by atoms with Crippen molar-refractivity contribution in [2.75, 3.05) is 34.4 Å². The lowest BCUT2D eigenvalue weighted by Gasteiger charge is -2.17. The van der Waals surface area contributed by atoms with Crippen molar-refractivity contribution in [3.63, 3.8) is 0 Å². The van der Waals surface area contributed by atoms with Gasteiger partial charge in [0.15, 0.2) is 0 Å². The molecule has 0 aromatic heterocycles. The molecule has 1 aromatic rings. The van der Waals surface area contributed by atoms with Crippen LogP contribution >= 0.6 is 0 Å². The summed E-state index contributed by atoms with van der Waals surface area (Å²) in [6.45, 7) is 6.34. The third-order valence-corrected chi connectivity index (χ3v) is 3.17. The third-order valence-electron chi connectivity index (χ3n) is 3.17. The van der Waals surface area contributed by atoms with Crippen molar-refractivity contribution in [1.29, 1.82) is 0 Å². The van der Waals surface area contributed by atoms with E-state index in [9.17, 15) is 0 Å². The molecule has 0 heterocycles. The van der Waals surface area contributed by atoms with E-state index in [1.165, 1.54) is 11.1 Å². The summed E-state index contributed by atoms with van der Waals surface area (Å²) in [6.07, 6.45) is 1.01. The highest BCUT2D eigenvalue weighted by Gasteiger charge is 2.07. The molecular formula is C15H26N2O. The standard InChI is InChI=1S/C15H26N2O/c1-12(2)14-7-6-13(15(10-14)18-5)8-9-17(4)11-16-3/h6-7,10,12,16H,8-9,11H2,1-5H3. The Hall–Kier alpha value is -1.06. The van der Waals surface area contributed by atoms with Gasteiger partial charge in [-0.2, -0.15) is 0 Å². The van der Waals surface area contributed by atoms with Crippen LogP contribution in [0.15, 0.2) is 18.2 Å². The summed E-state index contributed by atoms with van der Waals surface area (Å²) in [7, 11) is 5.83. The number of ether oxygens (including phenoxy) is 1. The highest BCUT2D eigenvalue weighted by atomic mass is 16.5. The van der Waals surface area contributed by atoms with Crippen LogP contribution < -0.4 is 10.1 Å². The highest BCUT2D eigenvalue weighted by molar-refractivity contribution is 5.38. The number of nitrogens with one attached hydrogen (secondary N) is 1. The zero-order valence-corrected chi connectivity index (χ0v) is 12.3. The minimum absolute atomic E-state index is 0.542. The van der Waals surface area contributed by atoms with Gasteiger partial charge < -0.3 is 10.1 Å². The lowest BCUT2D eigenvalue weighted by atomic mass is 10.00. The Bertz CT molecular complexity index is 364. The van der Waals surface area contributed by atoms with Crippen LogP contribution in [0.2, 0.25) is 0 Å². The SMILES string of the molecule is CNCN(C)CCc1ccc(C(C)C)cc1OC. The molecule has 0 saturated heterocycles. The molecule has 0 bridgehead atoms. The van der Waals surface area contributed by atoms with Gasteiger partial charge in [0.1, 0.15) is 5.75 Å². The first kappa shape index (κ1) is 15.0. The molecule has 3 heteroatoms. The second-order valence-electron chi connectivity index (χ2n) is 5.07. The van der Waals surface area contributed by atoms with Gasteiger partial charge in [-0.15, -0.1) is 0 Å². The molecule has 0 aliphatic rings. The average Bonchev–Trinajstić information content (AvgIpc) is 2.36. The Kier molecular flexibility index (Phi) is 6.16. The molecule has 0 atom stereocenters. The normalized spacial score (nSPS) is 11.3. The molecule has 102 valence electrons. The first-order chi connectivity index (χ1) is 8.58. The molecule has 18 heavy (non-hydrogen) atoms. The van der Waals surface area contributed by atoms with Gasteiger partial charge in [0.25, 0.3) is 0 Å². The summed E-state index contributed by atoms with van der Waals surface area (Å²) >= 11 is 0. The summed E-state index contributed by atoms with van der Waals surface area (Å²) in [4.78, 5) is 2.26. The predicted octanol–water partition coefficient (Wildman–Crippen LogP) is 2.47. The van der Waals surface area contributed by atoms with Gasteiger partial charge in [-0.25, -0.2) is 0 Å². The van der Waals surface area contributed by atoms with E-state index in [0.29, 0.717) is 5.92 Å². The molecule has 1 N–H and O–H groups in total. The summed E-state index contributed by atoms with van der Waals surface area (Å²) in [5.41, 5.74) is 2.61. The van der Waals surface area contributed by atoms with Gasteiger partial charge in [-0.1, -0.05) is 26.0 Å². The Morgan fingerprint density at radius 3 is 2.61 bits per heavy atom. The Morgan fingerprint density at radius 1 is 1.33 bits per heavy atom. The van der Waals surface area contributed by atoms with Crippen molar-refractivity contribution in [2.45, 2.75) is 26.2 Å². The van der Waals surface area contributed by atoms with Gasteiger partial charge in [0.2, 0.25) is 0 Å². The maximum atomic E-state index is 5.49. The van der Waals surface area contributed by atoms with Crippen molar-refractivity contribution in [3.8, 4) is 5.75 Å². The largest absolute Gasteiger partial charge is 0.496 e. The quantitative estimate of drug-likeness (QED) is 0.752. The van der Waals surface area contributed by atoms with E-state index in [0.717, 1.165) is 25.4 Å². The summed E-state index contributed by atoms with van der Waals surface area (Å²) in [6, 6.07) is 6.57. The smallest absolute Gasteiger partial charge is 0.122 e. The monoisotopic (exact) mass is 250 g/mol. The van der Waals surface area contributed by atoms with Crippen molar-refractivity contribution in [1.82, 2.24) is 10.2 Å². The maximum absolute atomic E-state index is 5.49. The number of methoxy groups -OCH3 is 1. The Morgan fingerprint density at radius 2 is 2.06 bits per heavy atom. The minimum atomic E-state index is 0.542. The second kappa shape index (κ2) is 7.39. The highest BCUT2D eigenvalue weighted by Crippen LogP contribution is 2.25. The summed E-state index contributed by atoms with van der Waals surface area (Å²) in [5, 5.41) is 3.15. The van der Waals surface area contributed by atoms with Crippen molar-refractivity contribution in [3.05, 3.63) is 29.3 Å². The summed E-state index contributed by atoms with van der Waals surface area (Å²) < 4.78 is 5.49. The first-order valence-electron chi connectivity index (χ1n) is 6.58. The number of rotatable bonds is 7. The van der Waals surface area contributed by atoms with Crippen LogP contribution in [0.4, 0.5) is 0 Å². The topological polar surface area (TPSA) is 24.5 Å². The predicted molar refractivity (Wildman–Crippen MR) is 77.3 cm³/mol. The maximum Gasteiger partial charge on any atom is 0.122 e. The van der Waals surface area contributed by atoms with Gasteiger partial charge in [-0.3, -0.25) is 4.90 Å². The summed E-state index contributed by atoms with van der Waals surface area (Å²) in [5.74, 6) is 1.55. The van der Waals surface area contributed by atoms with E-state index in [2.05, 4.69) is 49.3 Å². The molecule has 0 fully saturated rings. The van der Waals surface area contributed by atoms with Crippen molar-refractivity contribution >= 4 is 0 Å². The number of benzene rings is 1. The van der Waals surface area contributed by atoms with E-state index in [4.69, 9.17) is 4.74 Å². The van der Waals surface area contributed by atoms with Crippen LogP contribution in [-0.2, 0) is 6.42 Å². The molecule has 0 spiro atoms. The molecule has 0 radical (unpaired) electrons. The number of hydrogen-bond donors (Lipinski definition) is 1. The van der Waals surface area contributed by atoms with Crippen molar-refractivity contribution < 1.29 is 4.74 Å². The van der Waals surface area contributed by atoms with E-state index in [-0.39, 0.29) is 0 Å². The molecular weight excluding hydrogens is 224 g/mol. The fourth-order valence-corrected chi connectivity index (χ4v) is 1.99. The number of likely N-dealkylation sites (N-methyl/N-ethyl adjacent to an activating group) is 1. The van der Waals surface area contributed by atoms with Crippen LogP contribution in [0, 0.1) is 0 Å². The second-order valence-corrected chi connectivity index (χ2v) is 5.07. The van der Waals surface area contributed by atoms with E-state index < -0.39 is 0 Å². The molecule has 3 nitrogen and oxygen atoms in total. The molecule has 1 aromatic carbocycles. The van der Waals surface area contributed by atoms with Crippen LogP contribution in [0.25, 0.3) is 0 Å². The zero-order valence-electron chi connectivity index (χ0n) is 12.3. The Balaban J connectivity index is 2.70.